The molecule has 4 nitrogen and oxygen atoms in total. The third-order valence-electron chi connectivity index (χ3n) is 3.58. The molecule has 1 aromatic carbocycles. The van der Waals surface area contributed by atoms with Gasteiger partial charge in [-0.2, -0.15) is 0 Å². The van der Waals surface area contributed by atoms with E-state index >= 15 is 0 Å². The molecule has 0 aliphatic rings. The Bertz CT molecular complexity index is 636. The Kier molecular flexibility index (Phi) is 5.21. The molecule has 2 amide bonds. The molecule has 1 aromatic heterocycles. The van der Waals surface area contributed by atoms with Gasteiger partial charge in [0.2, 0.25) is 0 Å². The van der Waals surface area contributed by atoms with Crippen molar-refractivity contribution in [2.45, 2.75) is 32.9 Å². The molecule has 2 aromatic rings. The molecule has 1 unspecified atom stereocenters. The van der Waals surface area contributed by atoms with Crippen LogP contribution in [0.5, 0.6) is 0 Å². The Morgan fingerprint density at radius 3 is 2.68 bits per heavy atom. The number of urea groups is 1. The van der Waals surface area contributed by atoms with Gasteiger partial charge in [0.05, 0.1) is 6.54 Å². The van der Waals surface area contributed by atoms with Gasteiger partial charge in [-0.3, -0.25) is 0 Å². The highest BCUT2D eigenvalue weighted by Gasteiger charge is 2.24. The van der Waals surface area contributed by atoms with Gasteiger partial charge in [0.15, 0.2) is 0 Å². The van der Waals surface area contributed by atoms with E-state index in [-0.39, 0.29) is 12.6 Å². The Labute approximate surface area is 135 Å². The minimum absolute atomic E-state index is 0.173. The second kappa shape index (κ2) is 6.94. The predicted octanol–water partition coefficient (Wildman–Crippen LogP) is 3.07. The number of rotatable bonds is 5. The number of amides is 2. The van der Waals surface area contributed by atoms with Crippen LogP contribution in [0.25, 0.3) is 0 Å². The highest BCUT2D eigenvalue weighted by Crippen LogP contribution is 2.24. The van der Waals surface area contributed by atoms with Crippen LogP contribution in [0, 0.1) is 13.8 Å². The van der Waals surface area contributed by atoms with Gasteiger partial charge in [0.25, 0.3) is 0 Å². The van der Waals surface area contributed by atoms with Gasteiger partial charge < -0.3 is 15.7 Å². The smallest absolute Gasteiger partial charge is 0.315 e. The van der Waals surface area contributed by atoms with Gasteiger partial charge in [-0.1, -0.05) is 29.8 Å². The normalized spacial score (nSPS) is 13.5. The van der Waals surface area contributed by atoms with Crippen LogP contribution in [0.3, 0.4) is 0 Å². The number of thiophene rings is 1. The summed E-state index contributed by atoms with van der Waals surface area (Å²) in [5.41, 5.74) is 2.40. The molecule has 0 fully saturated rings. The zero-order valence-corrected chi connectivity index (χ0v) is 14.0. The standard InChI is InChI=1S/C17H22N2O2S/c1-12-6-7-14(13(2)9-12)10-18-16(20)19-11-17(3,21)15-5-4-8-22-15/h4-9,21H,10-11H2,1-3H3,(H2,18,19,20). The number of carbonyl (C=O) groups is 1. The van der Waals surface area contributed by atoms with Gasteiger partial charge in [-0.25, -0.2) is 4.79 Å². The first-order chi connectivity index (χ1) is 10.4. The van der Waals surface area contributed by atoms with Crippen molar-refractivity contribution in [2.24, 2.45) is 0 Å². The molecule has 118 valence electrons. The highest BCUT2D eigenvalue weighted by molar-refractivity contribution is 7.10. The molecule has 0 aliphatic carbocycles. The number of aliphatic hydroxyl groups is 1. The first-order valence-corrected chi connectivity index (χ1v) is 8.10. The zero-order valence-electron chi connectivity index (χ0n) is 13.1. The van der Waals surface area contributed by atoms with Crippen LogP contribution in [0.2, 0.25) is 0 Å². The average Bonchev–Trinajstić information content (AvgIpc) is 2.99. The monoisotopic (exact) mass is 318 g/mol. The Balaban J connectivity index is 1.83. The molecular weight excluding hydrogens is 296 g/mol. The van der Waals surface area contributed by atoms with Crippen molar-refractivity contribution in [1.29, 1.82) is 0 Å². The summed E-state index contributed by atoms with van der Waals surface area (Å²) >= 11 is 1.47. The summed E-state index contributed by atoms with van der Waals surface area (Å²) < 4.78 is 0. The summed E-state index contributed by atoms with van der Waals surface area (Å²) in [4.78, 5) is 12.7. The molecule has 22 heavy (non-hydrogen) atoms. The van der Waals surface area contributed by atoms with E-state index in [4.69, 9.17) is 0 Å². The van der Waals surface area contributed by atoms with Crippen LogP contribution in [-0.2, 0) is 12.1 Å². The minimum atomic E-state index is -1.05. The molecule has 2 rings (SSSR count). The number of nitrogens with one attached hydrogen (secondary N) is 2. The number of carbonyl (C=O) groups excluding carboxylic acids is 1. The molecule has 0 saturated carbocycles. The van der Waals surface area contributed by atoms with Crippen molar-refractivity contribution >= 4 is 17.4 Å². The lowest BCUT2D eigenvalue weighted by Crippen LogP contribution is -2.43. The number of benzene rings is 1. The minimum Gasteiger partial charge on any atom is -0.383 e. The Morgan fingerprint density at radius 2 is 2.05 bits per heavy atom. The van der Waals surface area contributed by atoms with Crippen molar-refractivity contribution in [1.82, 2.24) is 10.6 Å². The predicted molar refractivity (Wildman–Crippen MR) is 90.0 cm³/mol. The van der Waals surface area contributed by atoms with Crippen LogP contribution in [0.1, 0.15) is 28.5 Å². The van der Waals surface area contributed by atoms with E-state index in [9.17, 15) is 9.90 Å². The van der Waals surface area contributed by atoms with E-state index in [1.807, 2.05) is 43.5 Å². The van der Waals surface area contributed by atoms with E-state index in [2.05, 4.69) is 16.7 Å². The van der Waals surface area contributed by atoms with Crippen molar-refractivity contribution in [2.75, 3.05) is 6.54 Å². The van der Waals surface area contributed by atoms with E-state index < -0.39 is 5.60 Å². The summed E-state index contributed by atoms with van der Waals surface area (Å²) in [5.74, 6) is 0. The maximum Gasteiger partial charge on any atom is 0.315 e. The summed E-state index contributed by atoms with van der Waals surface area (Å²) in [7, 11) is 0. The molecule has 5 heteroatoms. The van der Waals surface area contributed by atoms with Crippen LogP contribution in [0.15, 0.2) is 35.7 Å². The SMILES string of the molecule is Cc1ccc(CNC(=O)NCC(C)(O)c2cccs2)c(C)c1. The lowest BCUT2D eigenvalue weighted by molar-refractivity contribution is 0.0631. The van der Waals surface area contributed by atoms with Crippen molar-refractivity contribution in [3.63, 3.8) is 0 Å². The van der Waals surface area contributed by atoms with E-state index in [1.165, 1.54) is 16.9 Å². The maximum atomic E-state index is 11.9. The van der Waals surface area contributed by atoms with E-state index in [0.29, 0.717) is 6.54 Å². The van der Waals surface area contributed by atoms with Crippen molar-refractivity contribution in [3.8, 4) is 0 Å². The summed E-state index contributed by atoms with van der Waals surface area (Å²) in [6.45, 7) is 6.42. The Hall–Kier alpha value is -1.85. The van der Waals surface area contributed by atoms with Crippen LogP contribution >= 0.6 is 11.3 Å². The van der Waals surface area contributed by atoms with Gasteiger partial charge in [0.1, 0.15) is 5.60 Å². The number of aryl methyl sites for hydroxylation is 2. The van der Waals surface area contributed by atoms with Gasteiger partial charge in [-0.05, 0) is 43.3 Å². The third kappa shape index (κ3) is 4.32. The third-order valence-corrected chi connectivity index (χ3v) is 4.71. The largest absolute Gasteiger partial charge is 0.383 e. The van der Waals surface area contributed by atoms with Gasteiger partial charge >= 0.3 is 6.03 Å². The van der Waals surface area contributed by atoms with Crippen molar-refractivity contribution in [3.05, 3.63) is 57.3 Å². The molecule has 3 N–H and O–H groups in total. The first-order valence-electron chi connectivity index (χ1n) is 7.23. The maximum absolute atomic E-state index is 11.9. The topological polar surface area (TPSA) is 61.4 Å². The van der Waals surface area contributed by atoms with Crippen LogP contribution < -0.4 is 10.6 Å². The molecule has 0 spiro atoms. The fourth-order valence-corrected chi connectivity index (χ4v) is 2.99. The average molecular weight is 318 g/mol. The zero-order chi connectivity index (χ0) is 16.2. The summed E-state index contributed by atoms with van der Waals surface area (Å²) in [5, 5.41) is 17.8. The number of hydrogen-bond acceptors (Lipinski definition) is 3. The quantitative estimate of drug-likeness (QED) is 0.793. The molecule has 0 bridgehead atoms. The van der Waals surface area contributed by atoms with Gasteiger partial charge in [0, 0.05) is 11.4 Å². The molecule has 0 saturated heterocycles. The molecule has 1 atom stereocenters. The summed E-state index contributed by atoms with van der Waals surface area (Å²) in [6.07, 6.45) is 0. The van der Waals surface area contributed by atoms with Gasteiger partial charge in [-0.15, -0.1) is 11.3 Å². The fourth-order valence-electron chi connectivity index (χ4n) is 2.21. The van der Waals surface area contributed by atoms with Crippen LogP contribution in [-0.4, -0.2) is 17.7 Å². The van der Waals surface area contributed by atoms with E-state index in [1.54, 1.807) is 6.92 Å². The Morgan fingerprint density at radius 1 is 1.27 bits per heavy atom. The molecule has 0 radical (unpaired) electrons. The lowest BCUT2D eigenvalue weighted by Gasteiger charge is -2.22. The van der Waals surface area contributed by atoms with Crippen LogP contribution in [0.4, 0.5) is 4.79 Å². The fraction of sp³-hybridized carbons (Fsp3) is 0.353. The second-order valence-corrected chi connectivity index (χ2v) is 6.67. The lowest BCUT2D eigenvalue weighted by atomic mass is 10.1. The van der Waals surface area contributed by atoms with Crippen molar-refractivity contribution < 1.29 is 9.90 Å². The highest BCUT2D eigenvalue weighted by atomic mass is 32.1. The second-order valence-electron chi connectivity index (χ2n) is 5.72. The molecular formula is C17H22N2O2S. The number of hydrogen-bond donors (Lipinski definition) is 3. The molecule has 1 heterocycles. The molecule has 0 aliphatic heterocycles. The van der Waals surface area contributed by atoms with E-state index in [0.717, 1.165) is 16.0 Å². The first kappa shape index (κ1) is 16.5. The summed E-state index contributed by atoms with van der Waals surface area (Å²) in [6, 6.07) is 9.61.